The normalized spacial score (nSPS) is 11.8. The van der Waals surface area contributed by atoms with Crippen LogP contribution in [0.3, 0.4) is 0 Å². The monoisotopic (exact) mass is 728 g/mol. The summed E-state index contributed by atoms with van der Waals surface area (Å²) < 4.78 is 0. The van der Waals surface area contributed by atoms with Gasteiger partial charge >= 0.3 is 0 Å². The lowest BCUT2D eigenvalue weighted by Gasteiger charge is -2.21. The Morgan fingerprint density at radius 2 is 0.837 bits per heavy atom. The molecule has 0 radical (unpaired) electrons. The zero-order valence-corrected chi connectivity index (χ0v) is 35.4. The van der Waals surface area contributed by atoms with Crippen LogP contribution in [0.5, 0.6) is 0 Å². The molecule has 3 nitrogen and oxygen atoms in total. The fraction of sp³-hybridized carbons (Fsp3) is 0.977. The predicted molar refractivity (Wildman–Crippen MR) is 226 cm³/mol. The van der Waals surface area contributed by atoms with E-state index in [0.717, 1.165) is 38.9 Å². The minimum Gasteiger partial charge on any atom is -0.395 e. The zero-order valence-electron chi connectivity index (χ0n) is 33.8. The summed E-state index contributed by atoms with van der Waals surface area (Å²) in [7, 11) is 4.19. The molecule has 0 unspecified atom stereocenters. The van der Waals surface area contributed by atoms with Crippen molar-refractivity contribution in [2.24, 2.45) is 5.92 Å². The third kappa shape index (κ3) is 39.3. The minimum atomic E-state index is 0.272. The predicted octanol–water partition coefficient (Wildman–Crippen LogP) is 14.8. The first kappa shape index (κ1) is 49.3. The molecular weight excluding hydrogens is 639 g/mol. The molecule has 0 aromatic rings. The van der Waals surface area contributed by atoms with Crippen molar-refractivity contribution in [3.8, 4) is 0 Å². The summed E-state index contributed by atoms with van der Waals surface area (Å²) in [6.45, 7) is 10.2. The van der Waals surface area contributed by atoms with Gasteiger partial charge in [0.15, 0.2) is 0 Å². The second-order valence-corrected chi connectivity index (χ2v) is 18.0. The van der Waals surface area contributed by atoms with Gasteiger partial charge in [-0.3, -0.25) is 4.79 Å². The zero-order chi connectivity index (χ0) is 35.7. The van der Waals surface area contributed by atoms with Gasteiger partial charge in [-0.15, -0.1) is 0 Å². The Bertz CT molecular complexity index is 618. The van der Waals surface area contributed by atoms with Crippen molar-refractivity contribution in [1.29, 1.82) is 0 Å². The molecule has 1 N–H and O–H groups in total. The van der Waals surface area contributed by atoms with Gasteiger partial charge in [0.25, 0.3) is 0 Å². The Kier molecular flexibility index (Phi) is 43.0. The van der Waals surface area contributed by atoms with Crippen molar-refractivity contribution < 1.29 is 9.90 Å². The minimum absolute atomic E-state index is 0.272. The summed E-state index contributed by atoms with van der Waals surface area (Å²) in [4.78, 5) is 15.4. The van der Waals surface area contributed by atoms with Gasteiger partial charge in [-0.05, 0) is 51.1 Å². The first-order valence-corrected chi connectivity index (χ1v) is 24.8. The van der Waals surface area contributed by atoms with Crippen molar-refractivity contribution in [2.75, 3.05) is 37.7 Å². The number of unbranched alkanes of at least 4 members (excludes halogenated alkanes) is 24. The molecule has 0 atom stereocenters. The van der Waals surface area contributed by atoms with Gasteiger partial charge in [0.1, 0.15) is 5.78 Å². The molecule has 0 heterocycles. The van der Waals surface area contributed by atoms with Crippen molar-refractivity contribution >= 4 is 27.4 Å². The highest BCUT2D eigenvalue weighted by molar-refractivity contribution is 8.76. The van der Waals surface area contributed by atoms with E-state index in [4.69, 9.17) is 0 Å². The van der Waals surface area contributed by atoms with Crippen LogP contribution >= 0.6 is 21.6 Å². The summed E-state index contributed by atoms with van der Waals surface area (Å²) in [6, 6.07) is 0. The van der Waals surface area contributed by atoms with Crippen LogP contribution < -0.4 is 0 Å². The van der Waals surface area contributed by atoms with Crippen molar-refractivity contribution in [3.05, 3.63) is 0 Å². The van der Waals surface area contributed by atoms with E-state index in [9.17, 15) is 9.90 Å². The number of aliphatic hydroxyl groups excluding tert-OH is 1. The van der Waals surface area contributed by atoms with Crippen LogP contribution in [0.1, 0.15) is 233 Å². The molecular formula is C44H89NO2S2. The molecule has 0 saturated carbocycles. The summed E-state index contributed by atoms with van der Waals surface area (Å²) >= 11 is 0. The number of hydrogen-bond acceptors (Lipinski definition) is 5. The summed E-state index contributed by atoms with van der Waals surface area (Å²) in [5, 5.41) is 9.56. The first-order chi connectivity index (χ1) is 24.2. The number of carbonyl (C=O) groups excluding carboxylic acids is 1. The van der Waals surface area contributed by atoms with Gasteiger partial charge in [-0.1, -0.05) is 209 Å². The van der Waals surface area contributed by atoms with Gasteiger partial charge in [0.2, 0.25) is 0 Å². The molecule has 0 aliphatic carbocycles. The standard InChI is InChI=1S/C44H89NO2S2/c1-4-7-10-13-16-24-31-40-48-49-41-32-25-18-23-30-37-45(38-39-46)36-29-22-17-21-28-35-44(47)42-43(33-26-19-14-11-8-5-2)34-27-20-15-12-9-6-3/h43,46H,4-42H2,1-3H3. The van der Waals surface area contributed by atoms with Gasteiger partial charge in [0, 0.05) is 30.9 Å². The number of aliphatic hydroxyl groups is 1. The fourth-order valence-electron chi connectivity index (χ4n) is 7.13. The van der Waals surface area contributed by atoms with Crippen LogP contribution in [0.25, 0.3) is 0 Å². The third-order valence-electron chi connectivity index (χ3n) is 10.4. The van der Waals surface area contributed by atoms with Crippen LogP contribution in [0.15, 0.2) is 0 Å². The van der Waals surface area contributed by atoms with E-state index in [-0.39, 0.29) is 6.61 Å². The smallest absolute Gasteiger partial charge is 0.133 e. The van der Waals surface area contributed by atoms with Crippen LogP contribution in [-0.2, 0) is 4.79 Å². The lowest BCUT2D eigenvalue weighted by atomic mass is 9.89. The summed E-state index contributed by atoms with van der Waals surface area (Å²) in [5.41, 5.74) is 0. The molecule has 0 fully saturated rings. The SMILES string of the molecule is CCCCCCCCCSSCCCCCCCN(CCO)CCCCCCCC(=O)CC(CCCCCCCC)CCCCCCCC. The fourth-order valence-corrected chi connectivity index (χ4v) is 9.42. The van der Waals surface area contributed by atoms with E-state index in [0.29, 0.717) is 11.7 Å². The molecule has 0 aliphatic heterocycles. The number of Topliss-reactive ketones (excluding diaryl/α,β-unsaturated/α-hetero) is 1. The number of hydrogen-bond donors (Lipinski definition) is 1. The van der Waals surface area contributed by atoms with Gasteiger partial charge in [0.05, 0.1) is 6.61 Å². The molecule has 0 spiro atoms. The summed E-state index contributed by atoms with van der Waals surface area (Å²) in [6.07, 6.45) is 43.0. The first-order valence-electron chi connectivity index (χ1n) is 22.3. The molecule has 0 aliphatic rings. The molecule has 5 heteroatoms. The molecule has 0 aromatic carbocycles. The maximum atomic E-state index is 12.9. The van der Waals surface area contributed by atoms with Crippen LogP contribution in [0, 0.1) is 5.92 Å². The lowest BCUT2D eigenvalue weighted by Crippen LogP contribution is -2.29. The van der Waals surface area contributed by atoms with Crippen LogP contribution in [-0.4, -0.2) is 53.5 Å². The van der Waals surface area contributed by atoms with E-state index < -0.39 is 0 Å². The third-order valence-corrected chi connectivity index (χ3v) is 13.0. The molecule has 0 amide bonds. The molecule has 0 rings (SSSR count). The molecule has 0 aromatic heterocycles. The average Bonchev–Trinajstić information content (AvgIpc) is 3.10. The van der Waals surface area contributed by atoms with Crippen molar-refractivity contribution in [2.45, 2.75) is 233 Å². The van der Waals surface area contributed by atoms with Gasteiger partial charge in [-0.25, -0.2) is 0 Å². The highest BCUT2D eigenvalue weighted by atomic mass is 33.1. The van der Waals surface area contributed by atoms with E-state index in [1.807, 2.05) is 0 Å². The van der Waals surface area contributed by atoms with Crippen molar-refractivity contribution in [1.82, 2.24) is 4.90 Å². The second kappa shape index (κ2) is 42.7. The maximum absolute atomic E-state index is 12.9. The van der Waals surface area contributed by atoms with Crippen LogP contribution in [0.2, 0.25) is 0 Å². The molecule has 0 bridgehead atoms. The Labute approximate surface area is 317 Å². The Morgan fingerprint density at radius 1 is 0.469 bits per heavy atom. The molecule has 49 heavy (non-hydrogen) atoms. The number of rotatable bonds is 43. The lowest BCUT2D eigenvalue weighted by molar-refractivity contribution is -0.120. The number of nitrogens with zero attached hydrogens (tertiary/aromatic N) is 1. The van der Waals surface area contributed by atoms with Gasteiger partial charge in [-0.2, -0.15) is 0 Å². The van der Waals surface area contributed by atoms with Crippen LogP contribution in [0.4, 0.5) is 0 Å². The highest BCUT2D eigenvalue weighted by Gasteiger charge is 2.14. The van der Waals surface area contributed by atoms with E-state index in [1.54, 1.807) is 0 Å². The molecule has 0 saturated heterocycles. The number of ketones is 1. The summed E-state index contributed by atoms with van der Waals surface area (Å²) in [5.74, 6) is 3.81. The Morgan fingerprint density at radius 3 is 1.27 bits per heavy atom. The van der Waals surface area contributed by atoms with E-state index >= 15 is 0 Å². The second-order valence-electron chi connectivity index (χ2n) is 15.3. The quantitative estimate of drug-likeness (QED) is 0.0500. The largest absolute Gasteiger partial charge is 0.395 e. The topological polar surface area (TPSA) is 40.5 Å². The van der Waals surface area contributed by atoms with E-state index in [1.165, 1.54) is 204 Å². The number of carbonyl (C=O) groups is 1. The Hall–Kier alpha value is 0.290. The average molecular weight is 728 g/mol. The maximum Gasteiger partial charge on any atom is 0.133 e. The molecule has 294 valence electrons. The van der Waals surface area contributed by atoms with E-state index in [2.05, 4.69) is 47.3 Å². The van der Waals surface area contributed by atoms with Gasteiger partial charge < -0.3 is 10.0 Å². The highest BCUT2D eigenvalue weighted by Crippen LogP contribution is 2.25. The van der Waals surface area contributed by atoms with Crippen molar-refractivity contribution in [3.63, 3.8) is 0 Å². The Balaban J connectivity index is 3.87.